The summed E-state index contributed by atoms with van der Waals surface area (Å²) in [7, 11) is -3.84. The fraction of sp³-hybridized carbons (Fsp3) is 0.300. The third-order valence-corrected chi connectivity index (χ3v) is 9.00. The maximum Gasteiger partial charge on any atom is 0.264 e. The number of likely N-dealkylation sites (N-methyl/N-ethyl adjacent to an activating group) is 1. The Morgan fingerprint density at radius 1 is 0.927 bits per heavy atom. The second kappa shape index (κ2) is 13.0. The number of anilines is 1. The molecule has 4 aromatic rings. The smallest absolute Gasteiger partial charge is 0.264 e. The number of aryl methyl sites for hydroxylation is 2. The molecule has 4 rings (SSSR count). The van der Waals surface area contributed by atoms with E-state index in [1.54, 1.807) is 65.2 Å². The van der Waals surface area contributed by atoms with E-state index in [2.05, 4.69) is 18.7 Å². The molecule has 0 spiro atoms. The van der Waals surface area contributed by atoms with Crippen molar-refractivity contribution in [3.05, 3.63) is 89.7 Å². The van der Waals surface area contributed by atoms with Gasteiger partial charge >= 0.3 is 0 Å². The number of rotatable bonds is 14. The molecule has 1 heterocycles. The van der Waals surface area contributed by atoms with Crippen LogP contribution in [-0.2, 0) is 34.2 Å². The lowest BCUT2D eigenvalue weighted by molar-refractivity contribution is -0.118. The fourth-order valence-electron chi connectivity index (χ4n) is 4.83. The molecule has 10 nitrogen and oxygen atoms in total. The molecule has 0 unspecified atom stereocenters. The number of benzene rings is 3. The summed E-state index contributed by atoms with van der Waals surface area (Å²) in [4.78, 5) is 19.2. The summed E-state index contributed by atoms with van der Waals surface area (Å²) in [6.07, 6.45) is 1.18. The molecule has 0 radical (unpaired) electrons. The third-order valence-electron chi connectivity index (χ3n) is 7.16. The fourth-order valence-corrected chi connectivity index (χ4v) is 6.30. The number of nitrogens with one attached hydrogen (secondary N) is 1. The molecule has 11 heteroatoms. The highest BCUT2D eigenvalue weighted by Gasteiger charge is 2.26. The molecule has 0 aliphatic carbocycles. The van der Waals surface area contributed by atoms with Gasteiger partial charge < -0.3 is 20.9 Å². The quantitative estimate of drug-likeness (QED) is 0.155. The molecule has 3 aromatic carbocycles. The lowest BCUT2D eigenvalue weighted by Gasteiger charge is -2.27. The van der Waals surface area contributed by atoms with Crippen LogP contribution < -0.4 is 15.8 Å². The summed E-state index contributed by atoms with van der Waals surface area (Å²) in [6.45, 7) is 6.53. The molecule has 1 amide bonds. The van der Waals surface area contributed by atoms with Crippen molar-refractivity contribution in [3.63, 3.8) is 0 Å². The van der Waals surface area contributed by atoms with Crippen LogP contribution in [0.2, 0.25) is 0 Å². The van der Waals surface area contributed by atoms with E-state index in [1.807, 2.05) is 12.1 Å². The molecule has 5 N–H and O–H groups in total. The Balaban J connectivity index is 1.71. The van der Waals surface area contributed by atoms with Crippen molar-refractivity contribution in [2.45, 2.75) is 38.1 Å². The van der Waals surface area contributed by atoms with Gasteiger partial charge in [0.05, 0.1) is 21.6 Å². The van der Waals surface area contributed by atoms with Crippen molar-refractivity contribution in [3.8, 4) is 0 Å². The Bertz CT molecular complexity index is 1610. The summed E-state index contributed by atoms with van der Waals surface area (Å²) in [5, 5.41) is 7.58. The Kier molecular flexibility index (Phi) is 9.41. The lowest BCUT2D eigenvalue weighted by atomic mass is 10.1. The SMILES string of the molecule is CCN(CC)CCN(c1ccc2c(c1)nc(CCc1ccc(C(=N)N)cc1)n2CC(N)=O)S(=O)(=O)c1ccccc1. The van der Waals surface area contributed by atoms with E-state index in [1.165, 1.54) is 4.31 Å². The van der Waals surface area contributed by atoms with Crippen LogP contribution in [0.5, 0.6) is 0 Å². The van der Waals surface area contributed by atoms with Crippen LogP contribution in [0.3, 0.4) is 0 Å². The molecule has 0 bridgehead atoms. The molecule has 216 valence electrons. The van der Waals surface area contributed by atoms with E-state index in [-0.39, 0.29) is 23.8 Å². The second-order valence-corrected chi connectivity index (χ2v) is 11.6. The zero-order chi connectivity index (χ0) is 29.6. The Morgan fingerprint density at radius 2 is 1.61 bits per heavy atom. The van der Waals surface area contributed by atoms with E-state index in [4.69, 9.17) is 21.9 Å². The molecule has 0 aliphatic rings. The molecule has 0 saturated carbocycles. The number of aromatic nitrogens is 2. The normalized spacial score (nSPS) is 11.7. The van der Waals surface area contributed by atoms with Crippen LogP contribution in [0.4, 0.5) is 5.69 Å². The summed E-state index contributed by atoms with van der Waals surface area (Å²) in [5.41, 5.74) is 14.6. The van der Waals surface area contributed by atoms with Crippen molar-refractivity contribution >= 4 is 38.5 Å². The Labute approximate surface area is 241 Å². The predicted molar refractivity (Wildman–Crippen MR) is 163 cm³/mol. The van der Waals surface area contributed by atoms with E-state index < -0.39 is 15.9 Å². The molecule has 0 fully saturated rings. The van der Waals surface area contributed by atoms with Gasteiger partial charge in [0.1, 0.15) is 18.2 Å². The van der Waals surface area contributed by atoms with Crippen LogP contribution in [-0.4, -0.2) is 60.8 Å². The standard InChI is InChI=1S/C30H37N7O3S/c1-3-35(4-2)18-19-37(41(39,40)25-8-6-5-7-9-25)24-15-16-27-26(20-24)34-29(36(27)21-28(31)38)17-12-22-10-13-23(14-11-22)30(32)33/h5-11,13-16,20H,3-4,12,17-19,21H2,1-2H3,(H2,31,38)(H3,32,33). The highest BCUT2D eigenvalue weighted by atomic mass is 32.2. The van der Waals surface area contributed by atoms with Gasteiger partial charge in [-0.1, -0.05) is 56.3 Å². The predicted octanol–water partition coefficient (Wildman–Crippen LogP) is 3.13. The van der Waals surface area contributed by atoms with E-state index in [0.717, 1.165) is 18.7 Å². The minimum Gasteiger partial charge on any atom is -0.384 e. The summed E-state index contributed by atoms with van der Waals surface area (Å²) in [6, 6.07) is 21.2. The topological polar surface area (TPSA) is 151 Å². The number of carbonyl (C=O) groups is 1. The summed E-state index contributed by atoms with van der Waals surface area (Å²) in [5.74, 6) is 0.191. The van der Waals surface area contributed by atoms with Gasteiger partial charge in [0.15, 0.2) is 0 Å². The average molecular weight is 576 g/mol. The maximum absolute atomic E-state index is 13.8. The minimum absolute atomic E-state index is 0.0102. The molecule has 41 heavy (non-hydrogen) atoms. The number of nitrogens with two attached hydrogens (primary N) is 2. The highest BCUT2D eigenvalue weighted by molar-refractivity contribution is 7.92. The molecule has 1 aromatic heterocycles. The number of imidazole rings is 1. The number of amidine groups is 1. The Morgan fingerprint density at radius 3 is 2.22 bits per heavy atom. The number of nitrogens with zero attached hydrogens (tertiary/aromatic N) is 4. The van der Waals surface area contributed by atoms with Crippen molar-refractivity contribution in [2.24, 2.45) is 11.5 Å². The largest absolute Gasteiger partial charge is 0.384 e. The minimum atomic E-state index is -3.84. The van der Waals surface area contributed by atoms with Crippen LogP contribution in [0.15, 0.2) is 77.7 Å². The van der Waals surface area contributed by atoms with E-state index in [9.17, 15) is 13.2 Å². The van der Waals surface area contributed by atoms with Gasteiger partial charge in [0.25, 0.3) is 10.0 Å². The number of nitrogen functional groups attached to an aromatic ring is 1. The lowest BCUT2D eigenvalue weighted by Crippen LogP contribution is -2.38. The van der Waals surface area contributed by atoms with Crippen molar-refractivity contribution in [1.82, 2.24) is 14.5 Å². The number of amides is 1. The van der Waals surface area contributed by atoms with Crippen LogP contribution in [0.1, 0.15) is 30.8 Å². The van der Waals surface area contributed by atoms with Gasteiger partial charge in [0.2, 0.25) is 5.91 Å². The van der Waals surface area contributed by atoms with E-state index >= 15 is 0 Å². The number of fused-ring (bicyclic) bond motifs is 1. The van der Waals surface area contributed by atoms with Crippen molar-refractivity contribution < 1.29 is 13.2 Å². The third kappa shape index (κ3) is 6.93. The number of carbonyl (C=O) groups excluding carboxylic acids is 1. The first-order chi connectivity index (χ1) is 19.6. The molecular weight excluding hydrogens is 538 g/mol. The first kappa shape index (κ1) is 29.8. The number of hydrogen-bond acceptors (Lipinski definition) is 6. The Hall–Kier alpha value is -4.22. The first-order valence-electron chi connectivity index (χ1n) is 13.6. The number of hydrogen-bond donors (Lipinski definition) is 3. The molecule has 0 saturated heterocycles. The molecule has 0 atom stereocenters. The second-order valence-electron chi connectivity index (χ2n) is 9.78. The highest BCUT2D eigenvalue weighted by Crippen LogP contribution is 2.28. The monoisotopic (exact) mass is 575 g/mol. The molecular formula is C30H37N7O3S. The van der Waals surface area contributed by atoms with Crippen molar-refractivity contribution in [1.29, 1.82) is 5.41 Å². The number of primary amides is 1. The first-order valence-corrected chi connectivity index (χ1v) is 15.1. The van der Waals surface area contributed by atoms with Crippen LogP contribution in [0, 0.1) is 5.41 Å². The van der Waals surface area contributed by atoms with Gasteiger partial charge in [-0.25, -0.2) is 13.4 Å². The van der Waals surface area contributed by atoms with Crippen LogP contribution >= 0.6 is 0 Å². The van der Waals surface area contributed by atoms with Crippen molar-refractivity contribution in [2.75, 3.05) is 30.5 Å². The van der Waals surface area contributed by atoms with Gasteiger partial charge in [0, 0.05) is 25.1 Å². The summed E-state index contributed by atoms with van der Waals surface area (Å²) < 4.78 is 30.8. The van der Waals surface area contributed by atoms with E-state index in [0.29, 0.717) is 47.5 Å². The zero-order valence-corrected chi connectivity index (χ0v) is 24.3. The zero-order valence-electron chi connectivity index (χ0n) is 23.5. The van der Waals surface area contributed by atoms with Gasteiger partial charge in [-0.2, -0.15) is 0 Å². The van der Waals surface area contributed by atoms with Crippen LogP contribution in [0.25, 0.3) is 11.0 Å². The molecule has 0 aliphatic heterocycles. The maximum atomic E-state index is 13.8. The number of sulfonamides is 1. The van der Waals surface area contributed by atoms with Gasteiger partial charge in [-0.05, 0) is 55.4 Å². The van der Waals surface area contributed by atoms with Gasteiger partial charge in [-0.3, -0.25) is 14.5 Å². The summed E-state index contributed by atoms with van der Waals surface area (Å²) >= 11 is 0. The average Bonchev–Trinajstić information content (AvgIpc) is 3.30. The van der Waals surface area contributed by atoms with Gasteiger partial charge in [-0.15, -0.1) is 0 Å².